The lowest BCUT2D eigenvalue weighted by Crippen LogP contribution is -1.98. The van der Waals surface area contributed by atoms with Crippen LogP contribution >= 0.6 is 11.3 Å². The smallest absolute Gasteiger partial charge is 0.356 e. The highest BCUT2D eigenvalue weighted by molar-refractivity contribution is 7.13. The monoisotopic (exact) mass is 219 g/mol. The van der Waals surface area contributed by atoms with E-state index >= 15 is 0 Å². The summed E-state index contributed by atoms with van der Waals surface area (Å²) in [4.78, 5) is 15.4. The van der Waals surface area contributed by atoms with E-state index < -0.39 is 5.97 Å². The summed E-state index contributed by atoms with van der Waals surface area (Å²) in [6, 6.07) is 7.74. The molecule has 0 bridgehead atoms. The van der Waals surface area contributed by atoms with Crippen molar-refractivity contribution >= 4 is 17.3 Å². The summed E-state index contributed by atoms with van der Waals surface area (Å²) < 4.78 is 0. The van der Waals surface area contributed by atoms with Gasteiger partial charge < -0.3 is 5.11 Å². The number of hydrogen-bond donors (Lipinski definition) is 1. The number of carboxylic acid groups (broad SMARTS) is 1. The van der Waals surface area contributed by atoms with Crippen LogP contribution in [-0.2, 0) is 0 Å². The molecular weight excluding hydrogens is 210 g/mol. The molecule has 1 N–H and O–H groups in total. The number of rotatable bonds is 2. The minimum atomic E-state index is -0.980. The van der Waals surface area contributed by atoms with Crippen LogP contribution in [0.3, 0.4) is 0 Å². The third-order valence-corrected chi connectivity index (χ3v) is 2.96. The largest absolute Gasteiger partial charge is 0.476 e. The van der Waals surface area contributed by atoms with Gasteiger partial charge in [-0.3, -0.25) is 0 Å². The highest BCUT2D eigenvalue weighted by atomic mass is 32.1. The first-order chi connectivity index (χ1) is 7.18. The van der Waals surface area contributed by atoms with Crippen LogP contribution in [0.4, 0.5) is 0 Å². The van der Waals surface area contributed by atoms with E-state index in [4.69, 9.17) is 5.11 Å². The molecule has 0 aliphatic heterocycles. The Hall–Kier alpha value is -1.68. The molecule has 0 spiro atoms. The standard InChI is InChI=1S/C11H9NO2S/c1-7-2-4-8(5-3-7)10-9(11(13)14)12-6-15-10/h2-6H,1H3,(H,13,14). The summed E-state index contributed by atoms with van der Waals surface area (Å²) in [7, 11) is 0. The third-order valence-electron chi connectivity index (χ3n) is 2.08. The molecule has 1 aromatic heterocycles. The average molecular weight is 219 g/mol. The molecule has 0 saturated heterocycles. The van der Waals surface area contributed by atoms with Gasteiger partial charge in [0.25, 0.3) is 0 Å². The molecule has 0 amide bonds. The molecule has 3 nitrogen and oxygen atoms in total. The fourth-order valence-electron chi connectivity index (χ4n) is 1.31. The third kappa shape index (κ3) is 1.89. The summed E-state index contributed by atoms with van der Waals surface area (Å²) in [6.07, 6.45) is 0. The van der Waals surface area contributed by atoms with Crippen LogP contribution in [-0.4, -0.2) is 16.1 Å². The van der Waals surface area contributed by atoms with Gasteiger partial charge in [0.1, 0.15) is 0 Å². The zero-order valence-electron chi connectivity index (χ0n) is 8.10. The minimum Gasteiger partial charge on any atom is -0.476 e. The van der Waals surface area contributed by atoms with Crippen LogP contribution in [0.5, 0.6) is 0 Å². The Labute approximate surface area is 91.0 Å². The first kappa shape index (κ1) is 9.86. The first-order valence-corrected chi connectivity index (χ1v) is 5.30. The van der Waals surface area contributed by atoms with E-state index in [1.165, 1.54) is 11.3 Å². The van der Waals surface area contributed by atoms with Gasteiger partial charge in [0, 0.05) is 0 Å². The fourth-order valence-corrected chi connectivity index (χ4v) is 2.10. The van der Waals surface area contributed by atoms with Crippen molar-refractivity contribution in [2.45, 2.75) is 6.92 Å². The van der Waals surface area contributed by atoms with Crippen molar-refractivity contribution in [3.05, 3.63) is 41.0 Å². The van der Waals surface area contributed by atoms with Gasteiger partial charge in [-0.05, 0) is 12.5 Å². The van der Waals surface area contributed by atoms with E-state index in [2.05, 4.69) is 4.98 Å². The van der Waals surface area contributed by atoms with Crippen LogP contribution in [0.25, 0.3) is 10.4 Å². The molecule has 1 aromatic carbocycles. The van der Waals surface area contributed by atoms with E-state index in [-0.39, 0.29) is 5.69 Å². The van der Waals surface area contributed by atoms with Gasteiger partial charge in [-0.15, -0.1) is 11.3 Å². The lowest BCUT2D eigenvalue weighted by atomic mass is 10.1. The Morgan fingerprint density at radius 3 is 2.60 bits per heavy atom. The maximum Gasteiger partial charge on any atom is 0.356 e. The number of thiazole rings is 1. The summed E-state index contributed by atoms with van der Waals surface area (Å²) >= 11 is 1.34. The molecule has 76 valence electrons. The van der Waals surface area contributed by atoms with Crippen molar-refractivity contribution in [1.29, 1.82) is 0 Å². The van der Waals surface area contributed by atoms with Gasteiger partial charge in [-0.2, -0.15) is 0 Å². The number of hydrogen-bond acceptors (Lipinski definition) is 3. The number of nitrogens with zero attached hydrogens (tertiary/aromatic N) is 1. The van der Waals surface area contributed by atoms with E-state index in [1.54, 1.807) is 5.51 Å². The molecular formula is C11H9NO2S. The fraction of sp³-hybridized carbons (Fsp3) is 0.0909. The van der Waals surface area contributed by atoms with Crippen LogP contribution in [0.15, 0.2) is 29.8 Å². The molecule has 15 heavy (non-hydrogen) atoms. The molecule has 0 unspecified atom stereocenters. The zero-order chi connectivity index (χ0) is 10.8. The van der Waals surface area contributed by atoms with Crippen molar-refractivity contribution in [2.75, 3.05) is 0 Å². The van der Waals surface area contributed by atoms with Crippen molar-refractivity contribution in [3.8, 4) is 10.4 Å². The van der Waals surface area contributed by atoms with Crippen molar-refractivity contribution in [1.82, 2.24) is 4.98 Å². The maximum absolute atomic E-state index is 10.9. The Morgan fingerprint density at radius 1 is 1.33 bits per heavy atom. The SMILES string of the molecule is Cc1ccc(-c2scnc2C(=O)O)cc1. The number of carboxylic acids is 1. The van der Waals surface area contributed by atoms with E-state index in [0.29, 0.717) is 4.88 Å². The van der Waals surface area contributed by atoms with Gasteiger partial charge >= 0.3 is 5.97 Å². The second-order valence-corrected chi connectivity index (χ2v) is 4.06. The van der Waals surface area contributed by atoms with E-state index in [9.17, 15) is 4.79 Å². The van der Waals surface area contributed by atoms with Crippen LogP contribution < -0.4 is 0 Å². The highest BCUT2D eigenvalue weighted by Crippen LogP contribution is 2.27. The molecule has 0 saturated carbocycles. The molecule has 2 aromatic rings. The predicted molar refractivity (Wildman–Crippen MR) is 59.2 cm³/mol. The summed E-state index contributed by atoms with van der Waals surface area (Å²) in [5.41, 5.74) is 3.74. The minimum absolute atomic E-state index is 0.129. The van der Waals surface area contributed by atoms with Crippen molar-refractivity contribution in [2.24, 2.45) is 0 Å². The summed E-state index contributed by atoms with van der Waals surface area (Å²) in [5, 5.41) is 8.91. The normalized spacial score (nSPS) is 10.2. The van der Waals surface area contributed by atoms with Crippen LogP contribution in [0.2, 0.25) is 0 Å². The van der Waals surface area contributed by atoms with Crippen LogP contribution in [0.1, 0.15) is 16.1 Å². The number of aromatic carboxylic acids is 1. The average Bonchev–Trinajstić information content (AvgIpc) is 2.67. The molecule has 0 atom stereocenters. The maximum atomic E-state index is 10.9. The quantitative estimate of drug-likeness (QED) is 0.844. The number of carbonyl (C=O) groups is 1. The van der Waals surface area contributed by atoms with Crippen molar-refractivity contribution in [3.63, 3.8) is 0 Å². The Morgan fingerprint density at radius 2 is 2.00 bits per heavy atom. The van der Waals surface area contributed by atoms with Gasteiger partial charge in [-0.25, -0.2) is 9.78 Å². The topological polar surface area (TPSA) is 50.2 Å². The Kier molecular flexibility index (Phi) is 2.51. The second kappa shape index (κ2) is 3.82. The van der Waals surface area contributed by atoms with Crippen LogP contribution in [0, 0.1) is 6.92 Å². The number of benzene rings is 1. The molecule has 0 radical (unpaired) electrons. The number of aromatic nitrogens is 1. The summed E-state index contributed by atoms with van der Waals surface area (Å²) in [5.74, 6) is -0.980. The molecule has 0 fully saturated rings. The zero-order valence-corrected chi connectivity index (χ0v) is 8.91. The van der Waals surface area contributed by atoms with Crippen molar-refractivity contribution < 1.29 is 9.90 Å². The molecule has 2 rings (SSSR count). The highest BCUT2D eigenvalue weighted by Gasteiger charge is 2.14. The molecule has 0 aliphatic carbocycles. The predicted octanol–water partition coefficient (Wildman–Crippen LogP) is 2.82. The van der Waals surface area contributed by atoms with Gasteiger partial charge in [0.15, 0.2) is 5.69 Å². The Bertz CT molecular complexity index is 488. The number of aryl methyl sites for hydroxylation is 1. The molecule has 4 heteroatoms. The van der Waals surface area contributed by atoms with Gasteiger partial charge in [0.2, 0.25) is 0 Å². The second-order valence-electron chi connectivity index (χ2n) is 3.20. The molecule has 1 heterocycles. The first-order valence-electron chi connectivity index (χ1n) is 4.42. The van der Waals surface area contributed by atoms with Gasteiger partial charge in [-0.1, -0.05) is 29.8 Å². The molecule has 0 aliphatic rings. The van der Waals surface area contributed by atoms with Gasteiger partial charge in [0.05, 0.1) is 10.4 Å². The lowest BCUT2D eigenvalue weighted by Gasteiger charge is -1.99. The van der Waals surface area contributed by atoms with E-state index in [0.717, 1.165) is 11.1 Å². The summed E-state index contributed by atoms with van der Waals surface area (Å²) in [6.45, 7) is 1.99. The Balaban J connectivity index is 2.49. The lowest BCUT2D eigenvalue weighted by molar-refractivity contribution is 0.0692. The van der Waals surface area contributed by atoms with E-state index in [1.807, 2.05) is 31.2 Å².